The van der Waals surface area contributed by atoms with Crippen LogP contribution in [0.4, 0.5) is 5.69 Å². The predicted molar refractivity (Wildman–Crippen MR) is 279 cm³/mol. The molecule has 0 radical (unpaired) electrons. The van der Waals surface area contributed by atoms with Gasteiger partial charge < -0.3 is 28.4 Å². The Hall–Kier alpha value is -5.75. The van der Waals surface area contributed by atoms with E-state index in [9.17, 15) is 24.5 Å². The van der Waals surface area contributed by atoms with E-state index in [1.165, 1.54) is 31.0 Å². The molecule has 69 heavy (non-hydrogen) atoms. The van der Waals surface area contributed by atoms with Gasteiger partial charge in [-0.15, -0.1) is 0 Å². The SMILES string of the molecule is COC(=O)[C@@H](CSCc1c(O[Si](C)(C)C(C)(C)C)cc(O[Si](C)(C)C(C)(C)C)c(C)c1C(=O)OCc1ccc([N+](=O)[O-])cc1)NC(=O)[C@H](C)OC(c1ccccc1)(c1ccccc1)c1ccccc1. The first-order valence-corrected chi connectivity index (χ1v) is 30.1. The molecule has 0 aromatic heterocycles. The molecule has 0 spiro atoms. The fraction of sp³-hybridized carbons (Fsp3) is 0.389. The third kappa shape index (κ3) is 12.9. The van der Waals surface area contributed by atoms with Crippen LogP contribution in [-0.2, 0) is 41.8 Å². The number of methoxy groups -OCH3 is 1. The lowest BCUT2D eigenvalue weighted by Gasteiger charge is -2.39. The summed E-state index contributed by atoms with van der Waals surface area (Å²) < 4.78 is 32.2. The second kappa shape index (κ2) is 22.3. The largest absolute Gasteiger partial charge is 0.543 e. The minimum atomic E-state index is -2.57. The van der Waals surface area contributed by atoms with Crippen molar-refractivity contribution in [3.05, 3.63) is 170 Å². The first-order chi connectivity index (χ1) is 32.3. The molecule has 0 aliphatic heterocycles. The van der Waals surface area contributed by atoms with Crippen molar-refractivity contribution in [2.45, 2.75) is 122 Å². The number of nitro groups is 1. The smallest absolute Gasteiger partial charge is 0.339 e. The van der Waals surface area contributed by atoms with Crippen LogP contribution in [0.5, 0.6) is 11.5 Å². The molecule has 0 aliphatic rings. The minimum absolute atomic E-state index is 0.0599. The zero-order chi connectivity index (χ0) is 51.0. The fourth-order valence-corrected chi connectivity index (χ4v) is 10.3. The molecule has 15 heteroatoms. The maximum Gasteiger partial charge on any atom is 0.339 e. The fourth-order valence-electron chi connectivity index (χ4n) is 7.11. The standard InChI is InChI=1S/C54H68N2O10SSi2/c1-37-46(65-68(10,11)52(3,4)5)33-47(66-69(12,13)53(6,7)8)44(48(37)51(59)63-34-39-29-31-43(32-30-39)56(60)61)35-67-36-45(50(58)62-9)55-49(57)38(2)64-54(40-23-17-14-18-24-40,41-25-19-15-20-26-41)42-27-21-16-22-28-42/h14-33,38,45H,34-36H2,1-13H3,(H,55,57)/t38-,45+/m0/s1. The van der Waals surface area contributed by atoms with Crippen molar-refractivity contribution in [1.82, 2.24) is 5.32 Å². The summed E-state index contributed by atoms with van der Waals surface area (Å²) >= 11 is 1.32. The highest BCUT2D eigenvalue weighted by atomic mass is 32.2. The van der Waals surface area contributed by atoms with Crippen LogP contribution in [0.25, 0.3) is 0 Å². The molecule has 0 bridgehead atoms. The van der Waals surface area contributed by atoms with Crippen LogP contribution in [-0.4, -0.2) is 64.4 Å². The molecule has 0 saturated heterocycles. The number of esters is 2. The van der Waals surface area contributed by atoms with Crippen LogP contribution >= 0.6 is 11.8 Å². The molecule has 1 N–H and O–H groups in total. The van der Waals surface area contributed by atoms with E-state index >= 15 is 0 Å². The van der Waals surface area contributed by atoms with E-state index in [2.05, 4.69) is 73.0 Å². The van der Waals surface area contributed by atoms with Crippen LogP contribution in [0.2, 0.25) is 36.3 Å². The van der Waals surface area contributed by atoms with Gasteiger partial charge in [-0.3, -0.25) is 14.9 Å². The Morgan fingerprint density at radius 3 is 1.62 bits per heavy atom. The minimum Gasteiger partial charge on any atom is -0.543 e. The Balaban J connectivity index is 1.52. The van der Waals surface area contributed by atoms with Crippen LogP contribution in [0.15, 0.2) is 121 Å². The summed E-state index contributed by atoms with van der Waals surface area (Å²) in [4.78, 5) is 53.4. The number of nitrogens with zero attached hydrogens (tertiary/aromatic N) is 1. The summed E-state index contributed by atoms with van der Waals surface area (Å²) in [6.07, 6.45) is -1.07. The Labute approximate surface area is 414 Å². The number of amides is 1. The van der Waals surface area contributed by atoms with E-state index in [0.29, 0.717) is 28.2 Å². The predicted octanol–water partition coefficient (Wildman–Crippen LogP) is 12.3. The van der Waals surface area contributed by atoms with Crippen molar-refractivity contribution in [2.24, 2.45) is 0 Å². The second-order valence-electron chi connectivity index (χ2n) is 20.2. The van der Waals surface area contributed by atoms with E-state index in [0.717, 1.165) is 16.7 Å². The van der Waals surface area contributed by atoms with E-state index in [4.69, 9.17) is 23.1 Å². The highest BCUT2D eigenvalue weighted by Crippen LogP contribution is 2.46. The van der Waals surface area contributed by atoms with Gasteiger partial charge in [0.15, 0.2) is 0 Å². The summed E-state index contributed by atoms with van der Waals surface area (Å²) in [7, 11) is -3.78. The van der Waals surface area contributed by atoms with Gasteiger partial charge in [0.1, 0.15) is 35.9 Å². The number of hydrogen-bond acceptors (Lipinski definition) is 11. The summed E-state index contributed by atoms with van der Waals surface area (Å²) in [6, 6.07) is 35.8. The molecule has 0 aliphatic carbocycles. The number of thioether (sulfide) groups is 1. The first kappa shape index (κ1) is 54.2. The molecule has 12 nitrogen and oxygen atoms in total. The normalized spacial score (nSPS) is 13.2. The topological polar surface area (TPSA) is 153 Å². The van der Waals surface area contributed by atoms with E-state index in [1.54, 1.807) is 19.1 Å². The molecule has 5 rings (SSSR count). The average molecular weight is 993 g/mol. The highest BCUT2D eigenvalue weighted by molar-refractivity contribution is 7.98. The molecule has 2 atom stereocenters. The molecule has 368 valence electrons. The van der Waals surface area contributed by atoms with Crippen molar-refractivity contribution in [2.75, 3.05) is 12.9 Å². The Morgan fingerprint density at radius 1 is 0.725 bits per heavy atom. The van der Waals surface area contributed by atoms with Gasteiger partial charge >= 0.3 is 11.9 Å². The van der Waals surface area contributed by atoms with Crippen molar-refractivity contribution in [3.63, 3.8) is 0 Å². The molecule has 0 fully saturated rings. The third-order valence-electron chi connectivity index (χ3n) is 13.3. The van der Waals surface area contributed by atoms with E-state index < -0.39 is 57.2 Å². The monoisotopic (exact) mass is 992 g/mol. The molecule has 0 heterocycles. The maximum absolute atomic E-state index is 14.6. The van der Waals surface area contributed by atoms with Gasteiger partial charge in [0.2, 0.25) is 22.5 Å². The lowest BCUT2D eigenvalue weighted by molar-refractivity contribution is -0.384. The van der Waals surface area contributed by atoms with Crippen molar-refractivity contribution < 1.29 is 42.4 Å². The average Bonchev–Trinajstić information content (AvgIpc) is 3.30. The molecule has 1 amide bonds. The summed E-state index contributed by atoms with van der Waals surface area (Å²) in [5, 5.41) is 13.9. The van der Waals surface area contributed by atoms with Gasteiger partial charge in [-0.05, 0) is 84.5 Å². The number of non-ortho nitro benzene ring substituents is 1. The summed E-state index contributed by atoms with van der Waals surface area (Å²) in [5.74, 6) is -0.610. The van der Waals surface area contributed by atoms with Crippen molar-refractivity contribution in [3.8, 4) is 11.5 Å². The number of ether oxygens (including phenoxy) is 3. The van der Waals surface area contributed by atoms with Gasteiger partial charge in [-0.2, -0.15) is 11.8 Å². The van der Waals surface area contributed by atoms with Crippen LogP contribution in [0.1, 0.15) is 92.2 Å². The van der Waals surface area contributed by atoms with Gasteiger partial charge in [0, 0.05) is 40.8 Å². The van der Waals surface area contributed by atoms with Crippen molar-refractivity contribution in [1.29, 1.82) is 0 Å². The molecule has 0 saturated carbocycles. The number of nitro benzene ring substituents is 1. The van der Waals surface area contributed by atoms with Gasteiger partial charge in [0.05, 0.1) is 17.6 Å². The van der Waals surface area contributed by atoms with Crippen LogP contribution < -0.4 is 14.2 Å². The molecular formula is C54H68N2O10SSi2. The quantitative estimate of drug-likeness (QED) is 0.0261. The number of rotatable bonds is 20. The molecular weight excluding hydrogens is 925 g/mol. The first-order valence-electron chi connectivity index (χ1n) is 23.1. The third-order valence-corrected chi connectivity index (χ3v) is 23.0. The zero-order valence-corrected chi connectivity index (χ0v) is 45.1. The zero-order valence-electron chi connectivity index (χ0n) is 42.3. The van der Waals surface area contributed by atoms with E-state index in [1.807, 2.05) is 104 Å². The van der Waals surface area contributed by atoms with E-state index in [-0.39, 0.29) is 39.4 Å². The number of hydrogen-bond donors (Lipinski definition) is 1. The number of benzene rings is 5. The van der Waals surface area contributed by atoms with Gasteiger partial charge in [-0.1, -0.05) is 133 Å². The number of nitrogens with one attached hydrogen (secondary N) is 1. The number of carbonyl (C=O) groups is 3. The summed E-state index contributed by atoms with van der Waals surface area (Å²) in [6.45, 7) is 24.7. The van der Waals surface area contributed by atoms with Crippen LogP contribution in [0, 0.1) is 17.0 Å². The highest BCUT2D eigenvalue weighted by Gasteiger charge is 2.44. The molecule has 5 aromatic carbocycles. The lowest BCUT2D eigenvalue weighted by Crippen LogP contribution is -2.49. The lowest BCUT2D eigenvalue weighted by atomic mass is 9.80. The Morgan fingerprint density at radius 2 is 1.19 bits per heavy atom. The summed E-state index contributed by atoms with van der Waals surface area (Å²) in [5.41, 5.74) is 3.11. The number of carbonyl (C=O) groups excluding carboxylic acids is 3. The van der Waals surface area contributed by atoms with Gasteiger partial charge in [0.25, 0.3) is 5.69 Å². The van der Waals surface area contributed by atoms with Crippen LogP contribution in [0.3, 0.4) is 0 Å². The van der Waals surface area contributed by atoms with Crippen molar-refractivity contribution >= 4 is 51.9 Å². The maximum atomic E-state index is 14.6. The Bertz CT molecular complexity index is 2470. The second-order valence-corrected chi connectivity index (χ2v) is 30.7. The molecule has 0 unspecified atom stereocenters. The molecule has 5 aromatic rings. The van der Waals surface area contributed by atoms with Gasteiger partial charge in [-0.25, -0.2) is 9.59 Å². The Kier molecular flexibility index (Phi) is 17.5.